The fourth-order valence-corrected chi connectivity index (χ4v) is 2.43. The van der Waals surface area contributed by atoms with E-state index in [1.165, 1.54) is 12.8 Å². The molecule has 0 aliphatic carbocycles. The molecule has 0 bridgehead atoms. The standard InChI is InChI=1S/C13H19FN2/c1-10-3-2-6-16(10)13-8-11(4-5-15)7-12(14)9-13/h7-10H,2-6,15H2,1H3. The van der Waals surface area contributed by atoms with Gasteiger partial charge in [-0.15, -0.1) is 0 Å². The first kappa shape index (κ1) is 11.4. The maximum atomic E-state index is 13.5. The number of hydrogen-bond acceptors (Lipinski definition) is 2. The molecule has 1 aromatic carbocycles. The second-order valence-corrected chi connectivity index (χ2v) is 4.54. The zero-order valence-corrected chi connectivity index (χ0v) is 9.75. The molecule has 2 N–H and O–H groups in total. The van der Waals surface area contributed by atoms with Gasteiger partial charge in [0.1, 0.15) is 5.82 Å². The summed E-state index contributed by atoms with van der Waals surface area (Å²) in [6.45, 7) is 3.80. The molecule has 1 heterocycles. The molecule has 1 fully saturated rings. The number of benzene rings is 1. The summed E-state index contributed by atoms with van der Waals surface area (Å²) >= 11 is 0. The zero-order chi connectivity index (χ0) is 11.5. The highest BCUT2D eigenvalue weighted by molar-refractivity contribution is 5.50. The van der Waals surface area contributed by atoms with Crippen molar-refractivity contribution < 1.29 is 4.39 Å². The lowest BCUT2D eigenvalue weighted by Crippen LogP contribution is -2.26. The maximum Gasteiger partial charge on any atom is 0.125 e. The molecule has 2 nitrogen and oxygen atoms in total. The molecule has 3 heteroatoms. The fourth-order valence-electron chi connectivity index (χ4n) is 2.43. The third-order valence-electron chi connectivity index (χ3n) is 3.26. The minimum absolute atomic E-state index is 0.153. The highest BCUT2D eigenvalue weighted by atomic mass is 19.1. The van der Waals surface area contributed by atoms with Crippen LogP contribution in [0.5, 0.6) is 0 Å². The lowest BCUT2D eigenvalue weighted by molar-refractivity contribution is 0.623. The van der Waals surface area contributed by atoms with E-state index in [0.717, 1.165) is 24.2 Å². The molecule has 0 saturated carbocycles. The van der Waals surface area contributed by atoms with Crippen LogP contribution in [0.4, 0.5) is 10.1 Å². The molecular weight excluding hydrogens is 203 g/mol. The number of halogens is 1. The van der Waals surface area contributed by atoms with Crippen LogP contribution < -0.4 is 10.6 Å². The van der Waals surface area contributed by atoms with E-state index in [2.05, 4.69) is 17.9 Å². The number of hydrogen-bond donors (Lipinski definition) is 1. The second kappa shape index (κ2) is 4.83. The summed E-state index contributed by atoms with van der Waals surface area (Å²) in [4.78, 5) is 2.28. The van der Waals surface area contributed by atoms with Gasteiger partial charge in [-0.05, 0) is 56.5 Å². The van der Waals surface area contributed by atoms with Crippen molar-refractivity contribution in [3.8, 4) is 0 Å². The quantitative estimate of drug-likeness (QED) is 0.850. The van der Waals surface area contributed by atoms with Gasteiger partial charge in [0, 0.05) is 18.3 Å². The molecule has 2 rings (SSSR count). The highest BCUT2D eigenvalue weighted by Crippen LogP contribution is 2.27. The van der Waals surface area contributed by atoms with Crippen molar-refractivity contribution in [1.82, 2.24) is 0 Å². The Balaban J connectivity index is 2.25. The molecule has 0 aromatic heterocycles. The minimum atomic E-state index is -0.153. The first-order chi connectivity index (χ1) is 7.70. The van der Waals surface area contributed by atoms with Gasteiger partial charge in [-0.25, -0.2) is 4.39 Å². The lowest BCUT2D eigenvalue weighted by Gasteiger charge is -2.24. The highest BCUT2D eigenvalue weighted by Gasteiger charge is 2.21. The molecule has 0 amide bonds. The van der Waals surface area contributed by atoms with Crippen molar-refractivity contribution in [2.24, 2.45) is 5.73 Å². The van der Waals surface area contributed by atoms with Crippen molar-refractivity contribution in [1.29, 1.82) is 0 Å². The zero-order valence-electron chi connectivity index (χ0n) is 9.75. The Morgan fingerprint density at radius 1 is 1.44 bits per heavy atom. The number of nitrogens with two attached hydrogens (primary N) is 1. The van der Waals surface area contributed by atoms with Crippen LogP contribution in [-0.2, 0) is 6.42 Å². The lowest BCUT2D eigenvalue weighted by atomic mass is 10.1. The van der Waals surface area contributed by atoms with Gasteiger partial charge in [0.15, 0.2) is 0 Å². The van der Waals surface area contributed by atoms with Gasteiger partial charge in [-0.3, -0.25) is 0 Å². The third-order valence-corrected chi connectivity index (χ3v) is 3.26. The predicted molar refractivity (Wildman–Crippen MR) is 65.2 cm³/mol. The van der Waals surface area contributed by atoms with Crippen molar-refractivity contribution in [2.45, 2.75) is 32.2 Å². The van der Waals surface area contributed by atoms with Gasteiger partial charge in [0.05, 0.1) is 0 Å². The molecule has 1 aromatic rings. The normalized spacial score (nSPS) is 20.4. The van der Waals surface area contributed by atoms with E-state index in [1.807, 2.05) is 0 Å². The van der Waals surface area contributed by atoms with Gasteiger partial charge < -0.3 is 10.6 Å². The van der Waals surface area contributed by atoms with E-state index < -0.39 is 0 Å². The summed E-state index contributed by atoms with van der Waals surface area (Å²) in [6.07, 6.45) is 3.14. The fraction of sp³-hybridized carbons (Fsp3) is 0.538. The SMILES string of the molecule is CC1CCCN1c1cc(F)cc(CCN)c1. The van der Waals surface area contributed by atoms with E-state index in [0.29, 0.717) is 12.6 Å². The van der Waals surface area contributed by atoms with Crippen LogP contribution in [0.3, 0.4) is 0 Å². The van der Waals surface area contributed by atoms with Crippen molar-refractivity contribution in [3.05, 3.63) is 29.6 Å². The maximum absolute atomic E-state index is 13.5. The predicted octanol–water partition coefficient (Wildman–Crippen LogP) is 2.32. The molecule has 0 spiro atoms. The summed E-state index contributed by atoms with van der Waals surface area (Å²) in [7, 11) is 0. The van der Waals surface area contributed by atoms with Crippen LogP contribution in [0, 0.1) is 5.82 Å². The van der Waals surface area contributed by atoms with Crippen LogP contribution in [0.25, 0.3) is 0 Å². The van der Waals surface area contributed by atoms with Crippen molar-refractivity contribution in [2.75, 3.05) is 18.0 Å². The molecular formula is C13H19FN2. The minimum Gasteiger partial charge on any atom is -0.369 e. The Hall–Kier alpha value is -1.09. The van der Waals surface area contributed by atoms with Crippen LogP contribution >= 0.6 is 0 Å². The second-order valence-electron chi connectivity index (χ2n) is 4.54. The van der Waals surface area contributed by atoms with Crippen LogP contribution in [0.15, 0.2) is 18.2 Å². The van der Waals surface area contributed by atoms with Crippen molar-refractivity contribution >= 4 is 5.69 Å². The van der Waals surface area contributed by atoms with E-state index in [-0.39, 0.29) is 5.82 Å². The molecule has 1 aliphatic heterocycles. The van der Waals surface area contributed by atoms with Crippen LogP contribution in [0.2, 0.25) is 0 Å². The Morgan fingerprint density at radius 2 is 2.25 bits per heavy atom. The molecule has 1 unspecified atom stereocenters. The number of anilines is 1. The van der Waals surface area contributed by atoms with Gasteiger partial charge in [0.2, 0.25) is 0 Å². The smallest absolute Gasteiger partial charge is 0.125 e. The summed E-state index contributed by atoms with van der Waals surface area (Å²) in [6, 6.07) is 5.80. The Bertz CT molecular complexity index is 365. The molecule has 88 valence electrons. The van der Waals surface area contributed by atoms with E-state index in [4.69, 9.17) is 5.73 Å². The Kier molecular flexibility index (Phi) is 3.44. The average molecular weight is 222 g/mol. The molecule has 1 saturated heterocycles. The largest absolute Gasteiger partial charge is 0.369 e. The summed E-state index contributed by atoms with van der Waals surface area (Å²) in [5.41, 5.74) is 7.51. The summed E-state index contributed by atoms with van der Waals surface area (Å²) < 4.78 is 13.5. The number of rotatable bonds is 3. The van der Waals surface area contributed by atoms with E-state index >= 15 is 0 Å². The number of nitrogens with zero attached hydrogens (tertiary/aromatic N) is 1. The summed E-state index contributed by atoms with van der Waals surface area (Å²) in [5.74, 6) is -0.153. The van der Waals surface area contributed by atoms with E-state index in [9.17, 15) is 4.39 Å². The summed E-state index contributed by atoms with van der Waals surface area (Å²) in [5, 5.41) is 0. The topological polar surface area (TPSA) is 29.3 Å². The van der Waals surface area contributed by atoms with Gasteiger partial charge in [0.25, 0.3) is 0 Å². The van der Waals surface area contributed by atoms with Crippen LogP contribution in [-0.4, -0.2) is 19.1 Å². The average Bonchev–Trinajstić information content (AvgIpc) is 2.64. The Labute approximate surface area is 96.2 Å². The van der Waals surface area contributed by atoms with E-state index in [1.54, 1.807) is 12.1 Å². The monoisotopic (exact) mass is 222 g/mol. The van der Waals surface area contributed by atoms with Gasteiger partial charge in [-0.2, -0.15) is 0 Å². The molecule has 1 atom stereocenters. The molecule has 16 heavy (non-hydrogen) atoms. The molecule has 0 radical (unpaired) electrons. The van der Waals surface area contributed by atoms with Crippen molar-refractivity contribution in [3.63, 3.8) is 0 Å². The molecule has 1 aliphatic rings. The third kappa shape index (κ3) is 2.35. The Morgan fingerprint density at radius 3 is 2.88 bits per heavy atom. The first-order valence-electron chi connectivity index (χ1n) is 5.97. The van der Waals surface area contributed by atoms with Gasteiger partial charge in [-0.1, -0.05) is 0 Å². The van der Waals surface area contributed by atoms with Crippen LogP contribution in [0.1, 0.15) is 25.3 Å². The van der Waals surface area contributed by atoms with Gasteiger partial charge >= 0.3 is 0 Å². The first-order valence-corrected chi connectivity index (χ1v) is 5.97.